The van der Waals surface area contributed by atoms with Gasteiger partial charge in [-0.05, 0) is 37.5 Å². The lowest BCUT2D eigenvalue weighted by atomic mass is 10.2. The largest absolute Gasteiger partial charge is 0.495 e. The van der Waals surface area contributed by atoms with Crippen LogP contribution >= 0.6 is 0 Å². The van der Waals surface area contributed by atoms with E-state index in [0.29, 0.717) is 19.4 Å². The molecule has 2 rings (SSSR count). The van der Waals surface area contributed by atoms with E-state index in [4.69, 9.17) is 10.5 Å². The summed E-state index contributed by atoms with van der Waals surface area (Å²) in [5.41, 5.74) is 6.09. The molecule has 1 aliphatic heterocycles. The maximum absolute atomic E-state index is 12.7. The molecule has 1 fully saturated rings. The minimum Gasteiger partial charge on any atom is -0.495 e. The first-order chi connectivity index (χ1) is 9.37. The van der Waals surface area contributed by atoms with Crippen LogP contribution in [0.3, 0.4) is 0 Å². The van der Waals surface area contributed by atoms with Gasteiger partial charge in [-0.3, -0.25) is 4.79 Å². The van der Waals surface area contributed by atoms with E-state index in [1.54, 1.807) is 25.1 Å². The monoisotopic (exact) mass is 298 g/mol. The van der Waals surface area contributed by atoms with E-state index in [-0.39, 0.29) is 10.6 Å². The topological polar surface area (TPSA) is 89.7 Å². The van der Waals surface area contributed by atoms with Crippen molar-refractivity contribution in [2.75, 3.05) is 13.7 Å². The lowest BCUT2D eigenvalue weighted by molar-refractivity contribution is -0.121. The van der Waals surface area contributed by atoms with Crippen molar-refractivity contribution >= 4 is 15.9 Å². The molecule has 7 heteroatoms. The number of rotatable bonds is 4. The second kappa shape index (κ2) is 5.41. The van der Waals surface area contributed by atoms with Crippen LogP contribution in [0.1, 0.15) is 18.4 Å². The molecule has 1 aromatic carbocycles. The van der Waals surface area contributed by atoms with Crippen molar-refractivity contribution in [2.24, 2.45) is 5.73 Å². The molecular formula is C13H18N2O4S. The lowest BCUT2D eigenvalue weighted by Gasteiger charge is -2.22. The fraction of sp³-hybridized carbons (Fsp3) is 0.462. The maximum atomic E-state index is 12.7. The SMILES string of the molecule is COc1ccc(C)cc1S(=O)(=O)N1CCC[C@H]1C(N)=O. The Hall–Kier alpha value is -1.60. The molecule has 20 heavy (non-hydrogen) atoms. The Bertz CT molecular complexity index is 627. The number of amides is 1. The van der Waals surface area contributed by atoms with Gasteiger partial charge in [0.1, 0.15) is 16.7 Å². The number of nitrogens with zero attached hydrogens (tertiary/aromatic N) is 1. The number of hydrogen-bond donors (Lipinski definition) is 1. The van der Waals surface area contributed by atoms with Crippen LogP contribution in [0.5, 0.6) is 5.75 Å². The van der Waals surface area contributed by atoms with E-state index < -0.39 is 22.0 Å². The Kier molecular flexibility index (Phi) is 4.01. The van der Waals surface area contributed by atoms with Crippen LogP contribution < -0.4 is 10.5 Å². The molecule has 1 aliphatic rings. The number of hydrogen-bond acceptors (Lipinski definition) is 4. The van der Waals surface area contributed by atoms with Crippen molar-refractivity contribution in [1.82, 2.24) is 4.31 Å². The van der Waals surface area contributed by atoms with E-state index >= 15 is 0 Å². The van der Waals surface area contributed by atoms with Crippen LogP contribution in [0.15, 0.2) is 23.1 Å². The number of ether oxygens (including phenoxy) is 1. The zero-order valence-corrected chi connectivity index (χ0v) is 12.3. The fourth-order valence-corrected chi connectivity index (χ4v) is 4.33. The highest BCUT2D eigenvalue weighted by Gasteiger charge is 2.39. The van der Waals surface area contributed by atoms with Gasteiger partial charge in [-0.15, -0.1) is 0 Å². The van der Waals surface area contributed by atoms with Gasteiger partial charge in [-0.2, -0.15) is 4.31 Å². The summed E-state index contributed by atoms with van der Waals surface area (Å²) in [5.74, 6) is -0.344. The number of carbonyl (C=O) groups excluding carboxylic acids is 1. The molecule has 1 heterocycles. The highest BCUT2D eigenvalue weighted by atomic mass is 32.2. The van der Waals surface area contributed by atoms with Crippen molar-refractivity contribution in [1.29, 1.82) is 0 Å². The number of sulfonamides is 1. The van der Waals surface area contributed by atoms with Crippen LogP contribution in [-0.2, 0) is 14.8 Å². The second-order valence-corrected chi connectivity index (χ2v) is 6.69. The minimum atomic E-state index is -3.79. The molecule has 1 aromatic rings. The summed E-state index contributed by atoms with van der Waals surface area (Å²) in [5, 5.41) is 0. The smallest absolute Gasteiger partial charge is 0.247 e. The van der Waals surface area contributed by atoms with Gasteiger partial charge in [0, 0.05) is 6.54 Å². The van der Waals surface area contributed by atoms with Crippen molar-refractivity contribution in [3.63, 3.8) is 0 Å². The highest BCUT2D eigenvalue weighted by molar-refractivity contribution is 7.89. The fourth-order valence-electron chi connectivity index (χ4n) is 2.42. The second-order valence-electron chi connectivity index (χ2n) is 4.83. The molecular weight excluding hydrogens is 280 g/mol. The third-order valence-corrected chi connectivity index (χ3v) is 5.37. The number of methoxy groups -OCH3 is 1. The van der Waals surface area contributed by atoms with Crippen molar-refractivity contribution in [3.8, 4) is 5.75 Å². The molecule has 1 amide bonds. The first-order valence-electron chi connectivity index (χ1n) is 6.33. The molecule has 0 aromatic heterocycles. The van der Waals surface area contributed by atoms with Gasteiger partial charge in [0.2, 0.25) is 15.9 Å². The molecule has 0 radical (unpaired) electrons. The molecule has 0 spiro atoms. The van der Waals surface area contributed by atoms with E-state index in [1.165, 1.54) is 11.4 Å². The van der Waals surface area contributed by atoms with Gasteiger partial charge in [-0.25, -0.2) is 8.42 Å². The molecule has 0 aliphatic carbocycles. The van der Waals surface area contributed by atoms with Crippen LogP contribution in [-0.4, -0.2) is 38.3 Å². The summed E-state index contributed by atoms with van der Waals surface area (Å²) in [4.78, 5) is 11.5. The minimum absolute atomic E-state index is 0.0770. The van der Waals surface area contributed by atoms with Crippen molar-refractivity contribution < 1.29 is 17.9 Å². The van der Waals surface area contributed by atoms with Crippen LogP contribution in [0.2, 0.25) is 0 Å². The summed E-state index contributed by atoms with van der Waals surface area (Å²) in [6.45, 7) is 2.10. The molecule has 110 valence electrons. The standard InChI is InChI=1S/C13H18N2O4S/c1-9-5-6-11(19-2)12(8-9)20(17,18)15-7-3-4-10(15)13(14)16/h5-6,8,10H,3-4,7H2,1-2H3,(H2,14,16)/t10-/m0/s1. The zero-order chi connectivity index (χ0) is 14.9. The van der Waals surface area contributed by atoms with E-state index in [9.17, 15) is 13.2 Å². The Morgan fingerprint density at radius 2 is 2.15 bits per heavy atom. The lowest BCUT2D eigenvalue weighted by Crippen LogP contribution is -2.43. The summed E-state index contributed by atoms with van der Waals surface area (Å²) in [7, 11) is -2.37. The van der Waals surface area contributed by atoms with Gasteiger partial charge in [0.05, 0.1) is 7.11 Å². The summed E-state index contributed by atoms with van der Waals surface area (Å²) in [6, 6.07) is 4.15. The Morgan fingerprint density at radius 1 is 1.45 bits per heavy atom. The van der Waals surface area contributed by atoms with Crippen LogP contribution in [0.4, 0.5) is 0 Å². The molecule has 1 atom stereocenters. The summed E-state index contributed by atoms with van der Waals surface area (Å²) >= 11 is 0. The van der Waals surface area contributed by atoms with Crippen molar-refractivity contribution in [3.05, 3.63) is 23.8 Å². The summed E-state index contributed by atoms with van der Waals surface area (Å²) in [6.07, 6.45) is 1.09. The van der Waals surface area contributed by atoms with Crippen LogP contribution in [0.25, 0.3) is 0 Å². The van der Waals surface area contributed by atoms with Gasteiger partial charge in [0.15, 0.2) is 0 Å². The Morgan fingerprint density at radius 3 is 2.75 bits per heavy atom. The molecule has 0 saturated carbocycles. The predicted octanol–water partition coefficient (Wildman–Crippen LogP) is 0.642. The molecule has 1 saturated heterocycles. The van der Waals surface area contributed by atoms with E-state index in [1.807, 2.05) is 0 Å². The van der Waals surface area contributed by atoms with Gasteiger partial charge in [-0.1, -0.05) is 6.07 Å². The summed E-state index contributed by atoms with van der Waals surface area (Å²) < 4.78 is 31.7. The third kappa shape index (κ3) is 2.51. The average molecular weight is 298 g/mol. The molecule has 2 N–H and O–H groups in total. The number of aryl methyl sites for hydroxylation is 1. The third-order valence-electron chi connectivity index (χ3n) is 3.44. The first-order valence-corrected chi connectivity index (χ1v) is 7.77. The van der Waals surface area contributed by atoms with Crippen molar-refractivity contribution in [2.45, 2.75) is 30.7 Å². The van der Waals surface area contributed by atoms with Crippen LogP contribution in [0, 0.1) is 6.92 Å². The molecule has 6 nitrogen and oxygen atoms in total. The van der Waals surface area contributed by atoms with Gasteiger partial charge in [0.25, 0.3) is 0 Å². The Labute approximate surface area is 118 Å². The van der Waals surface area contributed by atoms with Gasteiger partial charge >= 0.3 is 0 Å². The number of carbonyl (C=O) groups is 1. The quantitative estimate of drug-likeness (QED) is 0.883. The molecule has 0 unspecified atom stereocenters. The van der Waals surface area contributed by atoms with E-state index in [2.05, 4.69) is 0 Å². The maximum Gasteiger partial charge on any atom is 0.247 e. The normalized spacial score (nSPS) is 20.0. The first kappa shape index (κ1) is 14.8. The molecule has 0 bridgehead atoms. The number of primary amides is 1. The average Bonchev–Trinajstić information content (AvgIpc) is 2.88. The number of nitrogens with two attached hydrogens (primary N) is 1. The highest BCUT2D eigenvalue weighted by Crippen LogP contribution is 2.32. The number of benzene rings is 1. The predicted molar refractivity (Wildman–Crippen MR) is 73.8 cm³/mol. The van der Waals surface area contributed by atoms with E-state index in [0.717, 1.165) is 5.56 Å². The zero-order valence-electron chi connectivity index (χ0n) is 11.5. The Balaban J connectivity index is 2.50. The van der Waals surface area contributed by atoms with Gasteiger partial charge < -0.3 is 10.5 Å².